The molecule has 1 spiro atoms. The van der Waals surface area contributed by atoms with Crippen molar-refractivity contribution in [1.29, 1.82) is 0 Å². The van der Waals surface area contributed by atoms with Gasteiger partial charge in [-0.1, -0.05) is 24.3 Å². The van der Waals surface area contributed by atoms with Crippen LogP contribution in [0.1, 0.15) is 49.1 Å². The number of benzene rings is 1. The smallest absolute Gasteiger partial charge is 0.0707 e. The van der Waals surface area contributed by atoms with Gasteiger partial charge < -0.3 is 9.64 Å². The molecular formula is C18H25NO. The van der Waals surface area contributed by atoms with Crippen LogP contribution in [-0.4, -0.2) is 36.7 Å². The van der Waals surface area contributed by atoms with Crippen LogP contribution in [0.2, 0.25) is 0 Å². The summed E-state index contributed by atoms with van der Waals surface area (Å²) in [6.45, 7) is 4.72. The van der Waals surface area contributed by atoms with Crippen LogP contribution >= 0.6 is 0 Å². The molecule has 0 radical (unpaired) electrons. The van der Waals surface area contributed by atoms with Crippen LogP contribution in [0.15, 0.2) is 24.3 Å². The second-order valence-corrected chi connectivity index (χ2v) is 6.87. The Hall–Kier alpha value is -0.860. The van der Waals surface area contributed by atoms with E-state index < -0.39 is 0 Å². The van der Waals surface area contributed by atoms with E-state index in [0.29, 0.717) is 0 Å². The Balaban J connectivity index is 1.37. The molecule has 108 valence electrons. The van der Waals surface area contributed by atoms with E-state index in [1.165, 1.54) is 58.2 Å². The highest BCUT2D eigenvalue weighted by atomic mass is 16.5. The summed E-state index contributed by atoms with van der Waals surface area (Å²) in [6, 6.07) is 9.05. The Bertz CT molecular complexity index is 468. The lowest BCUT2D eigenvalue weighted by molar-refractivity contribution is -0.0441. The zero-order valence-corrected chi connectivity index (χ0v) is 12.3. The van der Waals surface area contributed by atoms with Gasteiger partial charge in [0.2, 0.25) is 0 Å². The maximum Gasteiger partial charge on any atom is 0.0707 e. The number of nitrogens with zero attached hydrogens (tertiary/aromatic N) is 1. The minimum Gasteiger partial charge on any atom is -0.375 e. The van der Waals surface area contributed by atoms with Gasteiger partial charge >= 0.3 is 0 Å². The minimum atomic E-state index is 0.268. The first kappa shape index (κ1) is 12.8. The molecule has 3 aliphatic rings. The molecule has 1 atom stereocenters. The number of aryl methyl sites for hydroxylation is 1. The number of hydrogen-bond donors (Lipinski definition) is 0. The molecule has 20 heavy (non-hydrogen) atoms. The third kappa shape index (κ3) is 2.29. The summed E-state index contributed by atoms with van der Waals surface area (Å²) >= 11 is 0. The normalized spacial score (nSPS) is 28.9. The summed E-state index contributed by atoms with van der Waals surface area (Å²) in [7, 11) is 0. The SMILES string of the molecule is c1ccc2c(c1)CCC2CN1CCC2(CCCO2)CC1. The number of likely N-dealkylation sites (tertiary alicyclic amines) is 1. The van der Waals surface area contributed by atoms with Crippen LogP contribution in [0.4, 0.5) is 0 Å². The lowest BCUT2D eigenvalue weighted by Crippen LogP contribution is -2.45. The first-order valence-electron chi connectivity index (χ1n) is 8.29. The molecule has 2 saturated heterocycles. The summed E-state index contributed by atoms with van der Waals surface area (Å²) in [6.07, 6.45) is 7.70. The molecule has 1 aromatic carbocycles. The zero-order valence-electron chi connectivity index (χ0n) is 12.3. The molecule has 2 aliphatic heterocycles. The van der Waals surface area contributed by atoms with Gasteiger partial charge in [-0.25, -0.2) is 0 Å². The molecular weight excluding hydrogens is 246 g/mol. The van der Waals surface area contributed by atoms with Crippen molar-refractivity contribution in [2.45, 2.75) is 50.0 Å². The number of piperidine rings is 1. The van der Waals surface area contributed by atoms with Gasteiger partial charge in [0.1, 0.15) is 0 Å². The Morgan fingerprint density at radius 2 is 2.00 bits per heavy atom. The van der Waals surface area contributed by atoms with Crippen LogP contribution in [0, 0.1) is 0 Å². The monoisotopic (exact) mass is 271 g/mol. The minimum absolute atomic E-state index is 0.268. The summed E-state index contributed by atoms with van der Waals surface area (Å²) in [5.74, 6) is 0.768. The summed E-state index contributed by atoms with van der Waals surface area (Å²) < 4.78 is 6.03. The number of ether oxygens (including phenoxy) is 1. The Morgan fingerprint density at radius 3 is 2.80 bits per heavy atom. The average Bonchev–Trinajstić information content (AvgIpc) is 3.10. The van der Waals surface area contributed by atoms with E-state index in [9.17, 15) is 0 Å². The van der Waals surface area contributed by atoms with Crippen LogP contribution in [-0.2, 0) is 11.2 Å². The van der Waals surface area contributed by atoms with Crippen molar-refractivity contribution in [2.75, 3.05) is 26.2 Å². The number of fused-ring (bicyclic) bond motifs is 1. The van der Waals surface area contributed by atoms with E-state index in [2.05, 4.69) is 29.2 Å². The highest BCUT2D eigenvalue weighted by molar-refractivity contribution is 5.35. The molecule has 2 nitrogen and oxygen atoms in total. The molecule has 2 heteroatoms. The molecule has 0 N–H and O–H groups in total. The van der Waals surface area contributed by atoms with Gasteiger partial charge in [0.25, 0.3) is 0 Å². The van der Waals surface area contributed by atoms with Gasteiger partial charge in [0.15, 0.2) is 0 Å². The van der Waals surface area contributed by atoms with E-state index in [0.717, 1.165) is 12.5 Å². The lowest BCUT2D eigenvalue weighted by atomic mass is 9.88. The van der Waals surface area contributed by atoms with Crippen LogP contribution in [0.3, 0.4) is 0 Å². The van der Waals surface area contributed by atoms with E-state index >= 15 is 0 Å². The van der Waals surface area contributed by atoms with Crippen molar-refractivity contribution in [3.05, 3.63) is 35.4 Å². The molecule has 1 aromatic rings. The van der Waals surface area contributed by atoms with Gasteiger partial charge in [0, 0.05) is 26.2 Å². The summed E-state index contributed by atoms with van der Waals surface area (Å²) in [5, 5.41) is 0. The fourth-order valence-electron chi connectivity index (χ4n) is 4.44. The third-order valence-corrected chi connectivity index (χ3v) is 5.69. The second kappa shape index (κ2) is 5.16. The summed E-state index contributed by atoms with van der Waals surface area (Å²) in [4.78, 5) is 2.68. The number of hydrogen-bond acceptors (Lipinski definition) is 2. The Morgan fingerprint density at radius 1 is 1.15 bits per heavy atom. The number of rotatable bonds is 2. The third-order valence-electron chi connectivity index (χ3n) is 5.69. The van der Waals surface area contributed by atoms with Crippen LogP contribution < -0.4 is 0 Å². The van der Waals surface area contributed by atoms with E-state index in [1.54, 1.807) is 11.1 Å². The standard InChI is InChI=1S/C18H25NO/c1-2-5-17-15(4-1)6-7-16(17)14-19-11-9-18(10-12-19)8-3-13-20-18/h1-2,4-5,16H,3,6-14H2. The largest absolute Gasteiger partial charge is 0.375 e. The Labute approximate surface area is 122 Å². The highest BCUT2D eigenvalue weighted by Gasteiger charge is 2.38. The van der Waals surface area contributed by atoms with Crippen molar-refractivity contribution < 1.29 is 4.74 Å². The Kier molecular flexibility index (Phi) is 3.31. The topological polar surface area (TPSA) is 12.5 Å². The van der Waals surface area contributed by atoms with Crippen molar-refractivity contribution >= 4 is 0 Å². The molecule has 4 rings (SSSR count). The fraction of sp³-hybridized carbons (Fsp3) is 0.667. The quantitative estimate of drug-likeness (QED) is 0.818. The predicted octanol–water partition coefficient (Wildman–Crippen LogP) is 3.36. The first-order chi connectivity index (χ1) is 9.85. The second-order valence-electron chi connectivity index (χ2n) is 6.87. The highest BCUT2D eigenvalue weighted by Crippen LogP contribution is 2.38. The fourth-order valence-corrected chi connectivity index (χ4v) is 4.44. The van der Waals surface area contributed by atoms with E-state index in [-0.39, 0.29) is 5.60 Å². The average molecular weight is 271 g/mol. The molecule has 1 unspecified atom stereocenters. The van der Waals surface area contributed by atoms with Crippen LogP contribution in [0.5, 0.6) is 0 Å². The molecule has 2 heterocycles. The maximum atomic E-state index is 6.03. The van der Waals surface area contributed by atoms with E-state index in [4.69, 9.17) is 4.74 Å². The molecule has 0 bridgehead atoms. The first-order valence-corrected chi connectivity index (χ1v) is 8.29. The molecule has 0 amide bonds. The van der Waals surface area contributed by atoms with Crippen LogP contribution in [0.25, 0.3) is 0 Å². The van der Waals surface area contributed by atoms with Crippen molar-refractivity contribution in [3.63, 3.8) is 0 Å². The van der Waals surface area contributed by atoms with Gasteiger partial charge in [-0.05, 0) is 55.6 Å². The molecule has 1 aliphatic carbocycles. The maximum absolute atomic E-state index is 6.03. The zero-order chi connectivity index (χ0) is 13.4. The lowest BCUT2D eigenvalue weighted by Gasteiger charge is -2.39. The van der Waals surface area contributed by atoms with E-state index in [1.807, 2.05) is 0 Å². The molecule has 0 saturated carbocycles. The van der Waals surface area contributed by atoms with Gasteiger partial charge in [-0.3, -0.25) is 0 Å². The summed E-state index contributed by atoms with van der Waals surface area (Å²) in [5.41, 5.74) is 3.47. The predicted molar refractivity (Wildman–Crippen MR) is 81.1 cm³/mol. The van der Waals surface area contributed by atoms with Gasteiger partial charge in [0.05, 0.1) is 5.60 Å². The van der Waals surface area contributed by atoms with Gasteiger partial charge in [-0.2, -0.15) is 0 Å². The van der Waals surface area contributed by atoms with Crippen molar-refractivity contribution in [3.8, 4) is 0 Å². The van der Waals surface area contributed by atoms with Gasteiger partial charge in [-0.15, -0.1) is 0 Å². The van der Waals surface area contributed by atoms with Crippen molar-refractivity contribution in [2.24, 2.45) is 0 Å². The molecule has 0 aromatic heterocycles. The van der Waals surface area contributed by atoms with Crippen molar-refractivity contribution in [1.82, 2.24) is 4.90 Å². The molecule has 2 fully saturated rings.